The summed E-state index contributed by atoms with van der Waals surface area (Å²) in [6.45, 7) is 5.84. The normalized spacial score (nSPS) is 19.7. The maximum absolute atomic E-state index is 6.36. The van der Waals surface area contributed by atoms with Crippen molar-refractivity contribution in [3.05, 3.63) is 35.4 Å². The second-order valence-electron chi connectivity index (χ2n) is 5.86. The van der Waals surface area contributed by atoms with Crippen LogP contribution in [0.25, 0.3) is 0 Å². The summed E-state index contributed by atoms with van der Waals surface area (Å²) in [5.74, 6) is 0. The van der Waals surface area contributed by atoms with Crippen molar-refractivity contribution in [1.82, 2.24) is 4.90 Å². The molecular weight excluding hydrogens is 232 g/mol. The SMILES string of the molecule is Cc1ccccc1C(N)CCN1CCCCCCC1. The zero-order valence-electron chi connectivity index (χ0n) is 12.3. The summed E-state index contributed by atoms with van der Waals surface area (Å²) in [7, 11) is 0. The Labute approximate surface area is 118 Å². The van der Waals surface area contributed by atoms with Gasteiger partial charge in [-0.25, -0.2) is 0 Å². The van der Waals surface area contributed by atoms with Crippen molar-refractivity contribution >= 4 is 0 Å². The van der Waals surface area contributed by atoms with Crippen LogP contribution in [0.1, 0.15) is 55.7 Å². The van der Waals surface area contributed by atoms with Gasteiger partial charge in [-0.3, -0.25) is 0 Å². The van der Waals surface area contributed by atoms with E-state index in [0.717, 1.165) is 13.0 Å². The molecule has 1 aromatic carbocycles. The lowest BCUT2D eigenvalue weighted by atomic mass is 9.99. The summed E-state index contributed by atoms with van der Waals surface area (Å²) in [4.78, 5) is 2.61. The zero-order valence-corrected chi connectivity index (χ0v) is 12.3. The van der Waals surface area contributed by atoms with Gasteiger partial charge < -0.3 is 10.6 Å². The Morgan fingerprint density at radius 1 is 1.05 bits per heavy atom. The molecule has 2 N–H and O–H groups in total. The first-order valence-electron chi connectivity index (χ1n) is 7.81. The molecule has 0 aliphatic carbocycles. The van der Waals surface area contributed by atoms with Gasteiger partial charge in [0.1, 0.15) is 0 Å². The zero-order chi connectivity index (χ0) is 13.5. The number of benzene rings is 1. The molecule has 2 nitrogen and oxygen atoms in total. The van der Waals surface area contributed by atoms with Crippen LogP contribution in [0.3, 0.4) is 0 Å². The standard InChI is InChI=1S/C17H28N2/c1-15-9-5-6-10-16(15)17(18)11-14-19-12-7-3-2-4-8-13-19/h5-6,9-10,17H,2-4,7-8,11-14,18H2,1H3. The Morgan fingerprint density at radius 3 is 2.37 bits per heavy atom. The highest BCUT2D eigenvalue weighted by molar-refractivity contribution is 5.28. The van der Waals surface area contributed by atoms with E-state index >= 15 is 0 Å². The van der Waals surface area contributed by atoms with Crippen LogP contribution in [0.15, 0.2) is 24.3 Å². The highest BCUT2D eigenvalue weighted by Crippen LogP contribution is 2.19. The molecule has 1 saturated heterocycles. The van der Waals surface area contributed by atoms with Gasteiger partial charge in [-0.2, -0.15) is 0 Å². The van der Waals surface area contributed by atoms with Gasteiger partial charge in [-0.1, -0.05) is 43.5 Å². The predicted octanol–water partition coefficient (Wildman–Crippen LogP) is 3.65. The molecule has 1 heterocycles. The van der Waals surface area contributed by atoms with Gasteiger partial charge in [0.15, 0.2) is 0 Å². The Bertz CT molecular complexity index is 367. The first-order chi connectivity index (χ1) is 9.27. The molecule has 2 heteroatoms. The Hall–Kier alpha value is -0.860. The van der Waals surface area contributed by atoms with Crippen molar-refractivity contribution in [2.24, 2.45) is 5.73 Å². The van der Waals surface area contributed by atoms with E-state index < -0.39 is 0 Å². The molecular formula is C17H28N2. The van der Waals surface area contributed by atoms with Crippen molar-refractivity contribution < 1.29 is 0 Å². The molecule has 19 heavy (non-hydrogen) atoms. The molecule has 1 aromatic rings. The number of aryl methyl sites for hydroxylation is 1. The predicted molar refractivity (Wildman–Crippen MR) is 82.2 cm³/mol. The van der Waals surface area contributed by atoms with Crippen LogP contribution in [-0.4, -0.2) is 24.5 Å². The van der Waals surface area contributed by atoms with Gasteiger partial charge in [0, 0.05) is 6.04 Å². The van der Waals surface area contributed by atoms with Gasteiger partial charge in [0.05, 0.1) is 0 Å². The summed E-state index contributed by atoms with van der Waals surface area (Å²) < 4.78 is 0. The molecule has 1 aliphatic heterocycles. The summed E-state index contributed by atoms with van der Waals surface area (Å²) in [6, 6.07) is 8.70. The third kappa shape index (κ3) is 4.63. The summed E-state index contributed by atoms with van der Waals surface area (Å²) in [5.41, 5.74) is 8.99. The number of likely N-dealkylation sites (tertiary alicyclic amines) is 1. The molecule has 0 aromatic heterocycles. The molecule has 0 amide bonds. The number of nitrogens with zero attached hydrogens (tertiary/aromatic N) is 1. The van der Waals surface area contributed by atoms with E-state index in [9.17, 15) is 0 Å². The van der Waals surface area contributed by atoms with Crippen LogP contribution in [0.4, 0.5) is 0 Å². The van der Waals surface area contributed by atoms with Gasteiger partial charge in [-0.15, -0.1) is 0 Å². The smallest absolute Gasteiger partial charge is 0.0309 e. The van der Waals surface area contributed by atoms with E-state index in [1.807, 2.05) is 0 Å². The fraction of sp³-hybridized carbons (Fsp3) is 0.647. The molecule has 0 saturated carbocycles. The van der Waals surface area contributed by atoms with E-state index in [-0.39, 0.29) is 6.04 Å². The van der Waals surface area contributed by atoms with Crippen molar-refractivity contribution in [2.75, 3.05) is 19.6 Å². The maximum Gasteiger partial charge on any atom is 0.0309 e. The van der Waals surface area contributed by atoms with Gasteiger partial charge in [0.2, 0.25) is 0 Å². The fourth-order valence-electron chi connectivity index (χ4n) is 3.02. The molecule has 2 rings (SSSR count). The number of nitrogens with two attached hydrogens (primary N) is 1. The van der Waals surface area contributed by atoms with E-state index in [1.54, 1.807) is 0 Å². The lowest BCUT2D eigenvalue weighted by Gasteiger charge is -2.26. The molecule has 1 unspecified atom stereocenters. The fourth-order valence-corrected chi connectivity index (χ4v) is 3.02. The van der Waals surface area contributed by atoms with Gasteiger partial charge in [0.25, 0.3) is 0 Å². The quantitative estimate of drug-likeness (QED) is 0.895. The Kier molecular flexibility index (Phi) is 5.87. The third-order valence-electron chi connectivity index (χ3n) is 4.29. The van der Waals surface area contributed by atoms with Crippen LogP contribution in [0.5, 0.6) is 0 Å². The number of rotatable bonds is 4. The van der Waals surface area contributed by atoms with E-state index in [0.29, 0.717) is 0 Å². The average Bonchev–Trinajstić information content (AvgIpc) is 2.37. The molecule has 0 radical (unpaired) electrons. The molecule has 0 spiro atoms. The minimum Gasteiger partial charge on any atom is -0.324 e. The second-order valence-corrected chi connectivity index (χ2v) is 5.86. The van der Waals surface area contributed by atoms with Crippen molar-refractivity contribution in [3.8, 4) is 0 Å². The highest BCUT2D eigenvalue weighted by atomic mass is 15.1. The summed E-state index contributed by atoms with van der Waals surface area (Å²) in [5, 5.41) is 0. The maximum atomic E-state index is 6.36. The number of hydrogen-bond donors (Lipinski definition) is 1. The molecule has 1 atom stereocenters. The monoisotopic (exact) mass is 260 g/mol. The lowest BCUT2D eigenvalue weighted by Crippen LogP contribution is -2.30. The average molecular weight is 260 g/mol. The first kappa shape index (κ1) is 14.5. The van der Waals surface area contributed by atoms with E-state index in [4.69, 9.17) is 5.73 Å². The Balaban J connectivity index is 1.82. The van der Waals surface area contributed by atoms with Gasteiger partial charge in [-0.05, 0) is 56.9 Å². The van der Waals surface area contributed by atoms with Crippen LogP contribution >= 0.6 is 0 Å². The van der Waals surface area contributed by atoms with Crippen LogP contribution in [0, 0.1) is 6.92 Å². The highest BCUT2D eigenvalue weighted by Gasteiger charge is 2.12. The van der Waals surface area contributed by atoms with E-state index in [1.165, 1.54) is 56.3 Å². The Morgan fingerprint density at radius 2 is 1.68 bits per heavy atom. The van der Waals surface area contributed by atoms with Crippen molar-refractivity contribution in [3.63, 3.8) is 0 Å². The number of hydrogen-bond acceptors (Lipinski definition) is 2. The van der Waals surface area contributed by atoms with Crippen LogP contribution in [-0.2, 0) is 0 Å². The van der Waals surface area contributed by atoms with Gasteiger partial charge >= 0.3 is 0 Å². The largest absolute Gasteiger partial charge is 0.324 e. The second kappa shape index (κ2) is 7.66. The topological polar surface area (TPSA) is 29.3 Å². The summed E-state index contributed by atoms with van der Waals surface area (Å²) >= 11 is 0. The van der Waals surface area contributed by atoms with Crippen LogP contribution in [0.2, 0.25) is 0 Å². The minimum absolute atomic E-state index is 0.187. The third-order valence-corrected chi connectivity index (χ3v) is 4.29. The molecule has 1 fully saturated rings. The van der Waals surface area contributed by atoms with Crippen molar-refractivity contribution in [1.29, 1.82) is 0 Å². The van der Waals surface area contributed by atoms with Crippen LogP contribution < -0.4 is 5.73 Å². The lowest BCUT2D eigenvalue weighted by molar-refractivity contribution is 0.239. The summed E-state index contributed by atoms with van der Waals surface area (Å²) in [6.07, 6.45) is 8.03. The van der Waals surface area contributed by atoms with Crippen molar-refractivity contribution in [2.45, 2.75) is 51.5 Å². The minimum atomic E-state index is 0.187. The molecule has 0 bridgehead atoms. The van der Waals surface area contributed by atoms with E-state index in [2.05, 4.69) is 36.1 Å². The molecule has 106 valence electrons. The first-order valence-corrected chi connectivity index (χ1v) is 7.81. The molecule has 1 aliphatic rings.